The number of anilines is 2. The Morgan fingerprint density at radius 3 is 2.88 bits per heavy atom. The molecule has 0 saturated carbocycles. The standard InChI is InChI=1S/C10H15ClN4S/c1-10(2)6-15(3-4-16-10)8-5-7(11)13-9(12)14-8/h5H,3-4,6H2,1-2H3,(H2,12,13,14). The maximum absolute atomic E-state index is 5.88. The van der Waals surface area contributed by atoms with Gasteiger partial charge in [0.1, 0.15) is 11.0 Å². The Bertz CT molecular complexity index is 376. The van der Waals surface area contributed by atoms with Gasteiger partial charge in [0, 0.05) is 29.7 Å². The molecular weight excluding hydrogens is 244 g/mol. The molecule has 2 rings (SSSR count). The largest absolute Gasteiger partial charge is 0.368 e. The average molecular weight is 259 g/mol. The van der Waals surface area contributed by atoms with E-state index >= 15 is 0 Å². The van der Waals surface area contributed by atoms with Crippen molar-refractivity contribution in [3.8, 4) is 0 Å². The van der Waals surface area contributed by atoms with Crippen molar-refractivity contribution >= 4 is 35.1 Å². The van der Waals surface area contributed by atoms with Gasteiger partial charge in [0.15, 0.2) is 0 Å². The fourth-order valence-electron chi connectivity index (χ4n) is 1.80. The van der Waals surface area contributed by atoms with E-state index in [9.17, 15) is 0 Å². The summed E-state index contributed by atoms with van der Waals surface area (Å²) in [6.45, 7) is 6.39. The van der Waals surface area contributed by atoms with E-state index in [1.54, 1.807) is 6.07 Å². The first-order valence-electron chi connectivity index (χ1n) is 5.15. The third-order valence-electron chi connectivity index (χ3n) is 2.45. The lowest BCUT2D eigenvalue weighted by Crippen LogP contribution is -2.43. The number of nitrogens with zero attached hydrogens (tertiary/aromatic N) is 3. The number of nitrogens with two attached hydrogens (primary N) is 1. The van der Waals surface area contributed by atoms with E-state index in [1.807, 2.05) is 11.8 Å². The molecule has 0 amide bonds. The molecule has 0 bridgehead atoms. The first kappa shape index (κ1) is 11.8. The molecule has 1 saturated heterocycles. The first-order valence-corrected chi connectivity index (χ1v) is 6.52. The van der Waals surface area contributed by atoms with Crippen molar-refractivity contribution in [3.63, 3.8) is 0 Å². The van der Waals surface area contributed by atoms with Crippen molar-refractivity contribution < 1.29 is 0 Å². The summed E-state index contributed by atoms with van der Waals surface area (Å²) in [7, 11) is 0. The second-order valence-corrected chi connectivity index (χ2v) is 6.63. The number of nitrogen functional groups attached to an aromatic ring is 1. The van der Waals surface area contributed by atoms with Crippen LogP contribution in [0.1, 0.15) is 13.8 Å². The molecule has 2 heterocycles. The Hall–Kier alpha value is -0.680. The number of rotatable bonds is 1. The molecule has 0 aliphatic carbocycles. The monoisotopic (exact) mass is 258 g/mol. The lowest BCUT2D eigenvalue weighted by atomic mass is 10.2. The Labute approximate surface area is 105 Å². The molecule has 88 valence electrons. The highest BCUT2D eigenvalue weighted by atomic mass is 35.5. The van der Waals surface area contributed by atoms with Gasteiger partial charge in [0.25, 0.3) is 0 Å². The van der Waals surface area contributed by atoms with Crippen LogP contribution in [0.2, 0.25) is 5.15 Å². The maximum Gasteiger partial charge on any atom is 0.223 e. The fourth-order valence-corrected chi connectivity index (χ4v) is 3.09. The molecule has 0 radical (unpaired) electrons. The van der Waals surface area contributed by atoms with E-state index in [-0.39, 0.29) is 10.7 Å². The third-order valence-corrected chi connectivity index (χ3v) is 3.94. The number of hydrogen-bond donors (Lipinski definition) is 1. The van der Waals surface area contributed by atoms with Crippen LogP contribution in [0.25, 0.3) is 0 Å². The fraction of sp³-hybridized carbons (Fsp3) is 0.600. The molecule has 0 aromatic carbocycles. The van der Waals surface area contributed by atoms with Crippen molar-refractivity contribution in [2.24, 2.45) is 0 Å². The highest BCUT2D eigenvalue weighted by molar-refractivity contribution is 8.00. The highest BCUT2D eigenvalue weighted by Gasteiger charge is 2.28. The second kappa shape index (κ2) is 4.30. The summed E-state index contributed by atoms with van der Waals surface area (Å²) in [5.74, 6) is 2.15. The second-order valence-electron chi connectivity index (χ2n) is 4.44. The molecule has 2 N–H and O–H groups in total. The van der Waals surface area contributed by atoms with E-state index in [0.29, 0.717) is 5.15 Å². The van der Waals surface area contributed by atoms with Crippen molar-refractivity contribution in [1.82, 2.24) is 9.97 Å². The van der Waals surface area contributed by atoms with Gasteiger partial charge in [0.05, 0.1) is 0 Å². The zero-order valence-corrected chi connectivity index (χ0v) is 11.0. The lowest BCUT2D eigenvalue weighted by molar-refractivity contribution is 0.642. The van der Waals surface area contributed by atoms with E-state index in [1.165, 1.54) is 0 Å². The summed E-state index contributed by atoms with van der Waals surface area (Å²) < 4.78 is 0.241. The molecule has 0 atom stereocenters. The first-order chi connectivity index (χ1) is 7.46. The molecule has 6 heteroatoms. The van der Waals surface area contributed by atoms with Crippen molar-refractivity contribution in [1.29, 1.82) is 0 Å². The van der Waals surface area contributed by atoms with Gasteiger partial charge >= 0.3 is 0 Å². The van der Waals surface area contributed by atoms with E-state index in [0.717, 1.165) is 24.7 Å². The molecule has 1 aromatic heterocycles. The maximum atomic E-state index is 5.88. The van der Waals surface area contributed by atoms with Crippen LogP contribution < -0.4 is 10.6 Å². The van der Waals surface area contributed by atoms with Crippen LogP contribution >= 0.6 is 23.4 Å². The van der Waals surface area contributed by atoms with Crippen LogP contribution in [0, 0.1) is 0 Å². The average Bonchev–Trinajstić information content (AvgIpc) is 2.14. The SMILES string of the molecule is CC1(C)CN(c2cc(Cl)nc(N)n2)CCS1. The van der Waals surface area contributed by atoms with Gasteiger partial charge in [0.2, 0.25) is 5.95 Å². The van der Waals surface area contributed by atoms with Crippen LogP contribution in [-0.4, -0.2) is 33.6 Å². The molecular formula is C10H15ClN4S. The predicted molar refractivity (Wildman–Crippen MR) is 70.2 cm³/mol. The Kier molecular flexibility index (Phi) is 3.17. The smallest absolute Gasteiger partial charge is 0.223 e. The molecule has 1 aromatic rings. The van der Waals surface area contributed by atoms with Gasteiger partial charge in [-0.25, -0.2) is 4.98 Å². The molecule has 1 fully saturated rings. The number of hydrogen-bond acceptors (Lipinski definition) is 5. The summed E-state index contributed by atoms with van der Waals surface area (Å²) in [6, 6.07) is 1.77. The number of aromatic nitrogens is 2. The van der Waals surface area contributed by atoms with Gasteiger partial charge in [-0.1, -0.05) is 11.6 Å². The summed E-state index contributed by atoms with van der Waals surface area (Å²) in [5, 5.41) is 0.401. The van der Waals surface area contributed by atoms with Crippen molar-refractivity contribution in [3.05, 3.63) is 11.2 Å². The van der Waals surface area contributed by atoms with Gasteiger partial charge in [-0.3, -0.25) is 0 Å². The normalized spacial score (nSPS) is 19.8. The minimum absolute atomic E-state index is 0.235. The van der Waals surface area contributed by atoms with Crippen LogP contribution in [-0.2, 0) is 0 Å². The molecule has 0 unspecified atom stereocenters. The Morgan fingerprint density at radius 1 is 1.50 bits per heavy atom. The van der Waals surface area contributed by atoms with Crippen molar-refractivity contribution in [2.75, 3.05) is 29.5 Å². The van der Waals surface area contributed by atoms with E-state index < -0.39 is 0 Å². The number of halogens is 1. The number of thioether (sulfide) groups is 1. The summed E-state index contributed by atoms with van der Waals surface area (Å²) in [4.78, 5) is 10.3. The van der Waals surface area contributed by atoms with Crippen LogP contribution in [0.4, 0.5) is 11.8 Å². The molecule has 1 aliphatic rings. The zero-order chi connectivity index (χ0) is 11.8. The highest BCUT2D eigenvalue weighted by Crippen LogP contribution is 2.32. The van der Waals surface area contributed by atoms with Crippen molar-refractivity contribution in [2.45, 2.75) is 18.6 Å². The topological polar surface area (TPSA) is 55.0 Å². The van der Waals surface area contributed by atoms with Gasteiger partial charge < -0.3 is 10.6 Å². The molecule has 4 nitrogen and oxygen atoms in total. The molecule has 16 heavy (non-hydrogen) atoms. The summed E-state index contributed by atoms with van der Waals surface area (Å²) in [6.07, 6.45) is 0. The Morgan fingerprint density at radius 2 is 2.25 bits per heavy atom. The van der Waals surface area contributed by atoms with E-state index in [4.69, 9.17) is 17.3 Å². The molecule has 1 aliphatic heterocycles. The quantitative estimate of drug-likeness (QED) is 0.782. The minimum atomic E-state index is 0.235. The third kappa shape index (κ3) is 2.71. The van der Waals surface area contributed by atoms with Crippen LogP contribution in [0.3, 0.4) is 0 Å². The molecule has 0 spiro atoms. The zero-order valence-electron chi connectivity index (χ0n) is 9.40. The van der Waals surface area contributed by atoms with Gasteiger partial charge in [-0.15, -0.1) is 0 Å². The van der Waals surface area contributed by atoms with Crippen LogP contribution in [0.15, 0.2) is 6.07 Å². The van der Waals surface area contributed by atoms with Crippen LogP contribution in [0.5, 0.6) is 0 Å². The van der Waals surface area contributed by atoms with Gasteiger partial charge in [-0.2, -0.15) is 16.7 Å². The minimum Gasteiger partial charge on any atom is -0.368 e. The summed E-state index contributed by atoms with van der Waals surface area (Å²) >= 11 is 7.86. The van der Waals surface area contributed by atoms with Gasteiger partial charge in [-0.05, 0) is 13.8 Å². The summed E-state index contributed by atoms with van der Waals surface area (Å²) in [5.41, 5.74) is 5.60. The predicted octanol–water partition coefficient (Wildman–Crippen LogP) is 2.04. The lowest BCUT2D eigenvalue weighted by Gasteiger charge is -2.38. The van der Waals surface area contributed by atoms with E-state index in [2.05, 4.69) is 28.7 Å². The Balaban J connectivity index is 2.23.